The fraction of sp³-hybridized carbons (Fsp3) is 0.0435. The molecule has 0 atom stereocenters. The molecule has 0 aliphatic heterocycles. The van der Waals surface area contributed by atoms with Crippen molar-refractivity contribution >= 4 is 24.2 Å². The monoisotopic (exact) mass is 400 g/mol. The summed E-state index contributed by atoms with van der Waals surface area (Å²) in [6.07, 6.45) is 3.07. The van der Waals surface area contributed by atoms with E-state index in [0.717, 1.165) is 11.1 Å². The zero-order valence-corrected chi connectivity index (χ0v) is 16.1. The van der Waals surface area contributed by atoms with E-state index in [1.54, 1.807) is 30.5 Å². The average molecular weight is 400 g/mol. The minimum Gasteiger partial charge on any atom is -0.483 e. The molecule has 7 nitrogen and oxygen atoms in total. The van der Waals surface area contributed by atoms with E-state index < -0.39 is 11.8 Å². The van der Waals surface area contributed by atoms with Crippen molar-refractivity contribution < 1.29 is 14.3 Å². The lowest BCUT2D eigenvalue weighted by Crippen LogP contribution is -2.25. The number of nitrogens with zero attached hydrogens (tertiary/aromatic N) is 2. The number of hydrogen-bond acceptors (Lipinski definition) is 5. The van der Waals surface area contributed by atoms with E-state index in [-0.39, 0.29) is 17.9 Å². The Morgan fingerprint density at radius 2 is 1.27 bits per heavy atom. The lowest BCUT2D eigenvalue weighted by atomic mass is 10.2. The Hall–Kier alpha value is -4.26. The van der Waals surface area contributed by atoms with Gasteiger partial charge in [0.1, 0.15) is 5.75 Å². The van der Waals surface area contributed by atoms with Crippen LogP contribution in [-0.4, -0.2) is 30.9 Å². The molecule has 3 rings (SSSR count). The fourth-order valence-electron chi connectivity index (χ4n) is 2.44. The number of hydrazone groups is 2. The molecule has 2 N–H and O–H groups in total. The number of amides is 2. The highest BCUT2D eigenvalue weighted by Gasteiger charge is 2.12. The van der Waals surface area contributed by atoms with Crippen molar-refractivity contribution in [3.63, 3.8) is 0 Å². The maximum atomic E-state index is 12.4. The summed E-state index contributed by atoms with van der Waals surface area (Å²) >= 11 is 0. The zero-order chi connectivity index (χ0) is 21.0. The van der Waals surface area contributed by atoms with Crippen molar-refractivity contribution in [1.29, 1.82) is 0 Å². The third-order valence-electron chi connectivity index (χ3n) is 3.87. The van der Waals surface area contributed by atoms with Gasteiger partial charge in [-0.05, 0) is 23.3 Å². The third kappa shape index (κ3) is 6.42. The van der Waals surface area contributed by atoms with Crippen LogP contribution in [0, 0.1) is 0 Å². The molecule has 2 amide bonds. The van der Waals surface area contributed by atoms with Crippen LogP contribution in [-0.2, 0) is 4.79 Å². The summed E-state index contributed by atoms with van der Waals surface area (Å²) in [4.78, 5) is 24.3. The zero-order valence-electron chi connectivity index (χ0n) is 16.1. The molecule has 0 saturated heterocycles. The Morgan fingerprint density at radius 1 is 0.733 bits per heavy atom. The first-order chi connectivity index (χ1) is 14.7. The molecule has 0 bridgehead atoms. The van der Waals surface area contributed by atoms with Gasteiger partial charge in [0.05, 0.1) is 18.0 Å². The molecular weight excluding hydrogens is 380 g/mol. The Kier molecular flexibility index (Phi) is 7.45. The van der Waals surface area contributed by atoms with Gasteiger partial charge >= 0.3 is 0 Å². The van der Waals surface area contributed by atoms with Crippen molar-refractivity contribution in [3.05, 3.63) is 102 Å². The molecule has 0 saturated carbocycles. The van der Waals surface area contributed by atoms with E-state index in [1.165, 1.54) is 6.21 Å². The Labute approximate surface area is 174 Å². The molecule has 150 valence electrons. The topological polar surface area (TPSA) is 92.2 Å². The summed E-state index contributed by atoms with van der Waals surface area (Å²) < 4.78 is 5.49. The summed E-state index contributed by atoms with van der Waals surface area (Å²) in [5.41, 5.74) is 6.82. The predicted molar refractivity (Wildman–Crippen MR) is 116 cm³/mol. The number of hydrogen-bond donors (Lipinski definition) is 2. The highest BCUT2D eigenvalue weighted by atomic mass is 16.5. The molecular formula is C23H20N4O3. The molecule has 3 aromatic carbocycles. The molecule has 0 heterocycles. The maximum absolute atomic E-state index is 12.4. The van der Waals surface area contributed by atoms with Crippen molar-refractivity contribution in [2.45, 2.75) is 0 Å². The summed E-state index contributed by atoms with van der Waals surface area (Å²) in [5.74, 6) is -0.619. The van der Waals surface area contributed by atoms with E-state index in [1.807, 2.05) is 60.7 Å². The van der Waals surface area contributed by atoms with Crippen LogP contribution < -0.4 is 15.6 Å². The summed E-state index contributed by atoms with van der Waals surface area (Å²) in [5, 5.41) is 7.82. The number of ether oxygens (including phenoxy) is 1. The minimum absolute atomic E-state index is 0.267. The van der Waals surface area contributed by atoms with Crippen LogP contribution in [0.4, 0.5) is 0 Å². The molecule has 0 fully saturated rings. The molecule has 0 spiro atoms. The van der Waals surface area contributed by atoms with E-state index in [9.17, 15) is 9.59 Å². The van der Waals surface area contributed by atoms with Crippen molar-refractivity contribution in [2.75, 3.05) is 6.61 Å². The second-order valence-corrected chi connectivity index (χ2v) is 6.10. The third-order valence-corrected chi connectivity index (χ3v) is 3.87. The van der Waals surface area contributed by atoms with Crippen LogP contribution in [0.3, 0.4) is 0 Å². The Balaban J connectivity index is 1.53. The van der Waals surface area contributed by atoms with Gasteiger partial charge in [-0.3, -0.25) is 9.59 Å². The van der Waals surface area contributed by atoms with Crippen LogP contribution in [0.25, 0.3) is 0 Å². The van der Waals surface area contributed by atoms with Crippen LogP contribution >= 0.6 is 0 Å². The highest BCUT2D eigenvalue weighted by Crippen LogP contribution is 2.17. The van der Waals surface area contributed by atoms with Gasteiger partial charge < -0.3 is 4.74 Å². The molecule has 30 heavy (non-hydrogen) atoms. The van der Waals surface area contributed by atoms with Crippen molar-refractivity contribution in [3.8, 4) is 5.75 Å². The number of carbonyl (C=O) groups excluding carboxylic acids is 2. The van der Waals surface area contributed by atoms with E-state index in [4.69, 9.17) is 4.74 Å². The van der Waals surface area contributed by atoms with Gasteiger partial charge in [-0.2, -0.15) is 10.2 Å². The molecule has 0 aliphatic rings. The molecule has 3 aromatic rings. The highest BCUT2D eigenvalue weighted by molar-refractivity contribution is 5.97. The number of carbonyl (C=O) groups is 2. The second-order valence-electron chi connectivity index (χ2n) is 6.10. The first-order valence-corrected chi connectivity index (χ1v) is 9.19. The largest absolute Gasteiger partial charge is 0.483 e. The summed E-state index contributed by atoms with van der Waals surface area (Å²) in [7, 11) is 0. The molecule has 0 aliphatic carbocycles. The molecule has 0 unspecified atom stereocenters. The Bertz CT molecular complexity index is 1030. The van der Waals surface area contributed by atoms with Gasteiger partial charge in [0.25, 0.3) is 11.8 Å². The van der Waals surface area contributed by atoms with Crippen LogP contribution in [0.1, 0.15) is 21.5 Å². The molecule has 7 heteroatoms. The van der Waals surface area contributed by atoms with Gasteiger partial charge in [0.2, 0.25) is 0 Å². The van der Waals surface area contributed by atoms with Crippen LogP contribution in [0.15, 0.2) is 95.1 Å². The maximum Gasteiger partial charge on any atom is 0.277 e. The summed E-state index contributed by atoms with van der Waals surface area (Å²) in [6.45, 7) is -0.288. The first kappa shape index (κ1) is 20.5. The quantitative estimate of drug-likeness (QED) is 0.450. The second kappa shape index (κ2) is 10.9. The van der Waals surface area contributed by atoms with Crippen molar-refractivity contribution in [1.82, 2.24) is 10.9 Å². The van der Waals surface area contributed by atoms with Gasteiger partial charge in [-0.25, -0.2) is 10.9 Å². The van der Waals surface area contributed by atoms with Gasteiger partial charge in [0, 0.05) is 0 Å². The first-order valence-electron chi connectivity index (χ1n) is 9.19. The fourth-order valence-corrected chi connectivity index (χ4v) is 2.44. The van der Waals surface area contributed by atoms with Crippen LogP contribution in [0.5, 0.6) is 5.75 Å². The SMILES string of the molecule is O=C(COc1ccccc1C(=O)NN=Cc1ccccc1)NN=Cc1ccccc1. The normalized spacial score (nSPS) is 10.8. The summed E-state index contributed by atoms with van der Waals surface area (Å²) in [6, 6.07) is 25.4. The number of rotatable bonds is 8. The lowest BCUT2D eigenvalue weighted by Gasteiger charge is -2.09. The average Bonchev–Trinajstić information content (AvgIpc) is 2.79. The number of benzene rings is 3. The minimum atomic E-state index is -0.445. The van der Waals surface area contributed by atoms with Crippen molar-refractivity contribution in [2.24, 2.45) is 10.2 Å². The lowest BCUT2D eigenvalue weighted by molar-refractivity contribution is -0.123. The standard InChI is InChI=1S/C23H20N4O3/c28-22(26-24-15-18-9-3-1-4-10-18)17-30-21-14-8-7-13-20(21)23(29)27-25-16-19-11-5-2-6-12-19/h1-16H,17H2,(H,26,28)(H,27,29). The molecule has 0 radical (unpaired) electrons. The molecule has 0 aromatic heterocycles. The number of nitrogens with one attached hydrogen (secondary N) is 2. The smallest absolute Gasteiger partial charge is 0.277 e. The number of para-hydroxylation sites is 1. The predicted octanol–water partition coefficient (Wildman–Crippen LogP) is 2.98. The Morgan fingerprint density at radius 3 is 1.90 bits per heavy atom. The van der Waals surface area contributed by atoms with E-state index in [2.05, 4.69) is 21.1 Å². The van der Waals surface area contributed by atoms with Gasteiger partial charge in [0.15, 0.2) is 6.61 Å². The van der Waals surface area contributed by atoms with E-state index >= 15 is 0 Å². The van der Waals surface area contributed by atoms with E-state index in [0.29, 0.717) is 0 Å². The van der Waals surface area contributed by atoms with Crippen LogP contribution in [0.2, 0.25) is 0 Å². The van der Waals surface area contributed by atoms with Gasteiger partial charge in [-0.15, -0.1) is 0 Å². The van der Waals surface area contributed by atoms with Gasteiger partial charge in [-0.1, -0.05) is 72.8 Å².